The molecule has 1 N–H and O–H groups in total. The maximum Gasteiger partial charge on any atom is 0.307 e. The van der Waals surface area contributed by atoms with E-state index in [0.29, 0.717) is 33.7 Å². The van der Waals surface area contributed by atoms with Crippen molar-refractivity contribution in [3.8, 4) is 11.5 Å². The zero-order valence-corrected chi connectivity index (χ0v) is 23.1. The molecule has 12 heteroatoms. The minimum absolute atomic E-state index is 0.00576. The summed E-state index contributed by atoms with van der Waals surface area (Å²) in [5.41, 5.74) is 4.27. The lowest BCUT2D eigenvalue weighted by molar-refractivity contribution is -0.384. The lowest BCUT2D eigenvalue weighted by Crippen LogP contribution is -2.16. The Morgan fingerprint density at radius 2 is 1.92 bits per heavy atom. The third kappa shape index (κ3) is 6.48. The Hall–Kier alpha value is -3.41. The van der Waals surface area contributed by atoms with Crippen LogP contribution in [0.3, 0.4) is 0 Å². The first-order chi connectivity index (χ1) is 17.7. The number of carbonyl (C=O) groups is 1. The van der Waals surface area contributed by atoms with Gasteiger partial charge in [0.2, 0.25) is 0 Å². The summed E-state index contributed by atoms with van der Waals surface area (Å²) in [4.78, 5) is 22.9. The molecule has 0 aliphatic rings. The van der Waals surface area contributed by atoms with Crippen molar-refractivity contribution in [2.45, 2.75) is 13.5 Å². The molecule has 0 unspecified atom stereocenters. The molecule has 4 aromatic rings. The van der Waals surface area contributed by atoms with Crippen molar-refractivity contribution in [3.05, 3.63) is 95.6 Å². The van der Waals surface area contributed by atoms with Gasteiger partial charge < -0.3 is 13.9 Å². The Balaban J connectivity index is 1.46. The average molecular weight is 652 g/mol. The van der Waals surface area contributed by atoms with Crippen LogP contribution in [0.5, 0.6) is 11.5 Å². The number of amides is 1. The molecule has 0 saturated carbocycles. The van der Waals surface area contributed by atoms with Crippen molar-refractivity contribution in [2.24, 2.45) is 5.10 Å². The number of nitrogens with one attached hydrogen (secondary N) is 1. The number of ether oxygens (including phenoxy) is 2. The van der Waals surface area contributed by atoms with Gasteiger partial charge in [-0.2, -0.15) is 5.10 Å². The first-order valence-electron chi connectivity index (χ1n) is 10.8. The number of carbonyl (C=O) groups excluding carboxylic acids is 1. The van der Waals surface area contributed by atoms with Gasteiger partial charge in [-0.1, -0.05) is 27.5 Å². The number of hydrazone groups is 1. The highest BCUT2D eigenvalue weighted by atomic mass is 79.9. The average Bonchev–Trinajstić information content (AvgIpc) is 3.28. The Morgan fingerprint density at radius 1 is 1.16 bits per heavy atom. The van der Waals surface area contributed by atoms with Gasteiger partial charge in [-0.15, -0.1) is 0 Å². The van der Waals surface area contributed by atoms with Gasteiger partial charge in [-0.3, -0.25) is 14.9 Å². The highest BCUT2D eigenvalue weighted by Crippen LogP contribution is 2.37. The molecule has 0 bridgehead atoms. The van der Waals surface area contributed by atoms with E-state index < -0.39 is 10.8 Å². The number of hydrogen-bond acceptors (Lipinski definition) is 7. The fourth-order valence-electron chi connectivity index (χ4n) is 3.34. The number of furan rings is 1. The zero-order chi connectivity index (χ0) is 26.5. The predicted octanol–water partition coefficient (Wildman–Crippen LogP) is 7.26. The molecule has 1 aromatic heterocycles. The fourth-order valence-corrected chi connectivity index (χ4v) is 4.96. The summed E-state index contributed by atoms with van der Waals surface area (Å²) in [5, 5.41) is 15.9. The first-order valence-corrected chi connectivity index (χ1v) is 12.8. The van der Waals surface area contributed by atoms with Crippen LogP contribution in [-0.2, 0) is 6.61 Å². The second kappa shape index (κ2) is 11.8. The summed E-state index contributed by atoms with van der Waals surface area (Å²) < 4.78 is 18.7. The number of nitro groups is 1. The van der Waals surface area contributed by atoms with Crippen LogP contribution in [0.25, 0.3) is 11.0 Å². The van der Waals surface area contributed by atoms with Crippen LogP contribution < -0.4 is 14.9 Å². The molecule has 0 radical (unpaired) electrons. The van der Waals surface area contributed by atoms with Crippen molar-refractivity contribution < 1.29 is 23.6 Å². The fraction of sp³-hybridized carbons (Fsp3) is 0.120. The maximum absolute atomic E-state index is 12.5. The molecular formula is C25H18Br2ClN3O6. The van der Waals surface area contributed by atoms with Gasteiger partial charge in [0.1, 0.15) is 12.2 Å². The van der Waals surface area contributed by atoms with Gasteiger partial charge >= 0.3 is 5.91 Å². The third-order valence-corrected chi connectivity index (χ3v) is 6.33. The number of fused-ring (bicyclic) bond motifs is 1. The molecule has 0 spiro atoms. The smallest absolute Gasteiger partial charge is 0.307 e. The van der Waals surface area contributed by atoms with E-state index in [1.807, 2.05) is 19.1 Å². The minimum atomic E-state index is -0.519. The van der Waals surface area contributed by atoms with Gasteiger partial charge in [0.15, 0.2) is 17.3 Å². The molecule has 190 valence electrons. The number of hydrogen-bond donors (Lipinski definition) is 1. The number of non-ortho nitro benzene ring substituents is 1. The van der Waals surface area contributed by atoms with Crippen LogP contribution in [0.4, 0.5) is 5.69 Å². The van der Waals surface area contributed by atoms with Crippen molar-refractivity contribution in [2.75, 3.05) is 6.61 Å². The maximum atomic E-state index is 12.5. The first kappa shape index (κ1) is 26.6. The standard InChI is InChI=1S/C25H18Br2ClN3O6/c1-2-35-21-8-15(7-20(28)24(21)36-13-14-3-5-18(6-4-14)31(33)34)12-29-30-25(32)22-10-16-9-17(26)11-19(27)23(16)37-22/h3-12H,2,13H2,1H3,(H,30,32)/b29-12-. The van der Waals surface area contributed by atoms with Gasteiger partial charge in [0.05, 0.1) is 27.2 Å². The van der Waals surface area contributed by atoms with Crippen molar-refractivity contribution in [1.82, 2.24) is 5.43 Å². The molecule has 0 atom stereocenters. The number of nitro benzene ring substituents is 1. The van der Waals surface area contributed by atoms with E-state index in [0.717, 1.165) is 15.4 Å². The van der Waals surface area contributed by atoms with Crippen LogP contribution in [0.15, 0.2) is 73.1 Å². The van der Waals surface area contributed by atoms with Crippen molar-refractivity contribution >= 4 is 72.2 Å². The summed E-state index contributed by atoms with van der Waals surface area (Å²) in [6.07, 6.45) is 1.42. The lowest BCUT2D eigenvalue weighted by atomic mass is 10.2. The van der Waals surface area contributed by atoms with Crippen LogP contribution in [0.2, 0.25) is 5.02 Å². The number of rotatable bonds is 9. The minimum Gasteiger partial charge on any atom is -0.490 e. The molecule has 0 saturated heterocycles. The SMILES string of the molecule is CCOc1cc(/C=N\NC(=O)c2cc3cc(Br)cc(Br)c3o2)cc(Cl)c1OCc1ccc([N+](=O)[O-])cc1. The molecule has 4 rings (SSSR count). The van der Waals surface area contributed by atoms with Crippen LogP contribution >= 0.6 is 43.5 Å². The number of nitrogens with zero attached hydrogens (tertiary/aromatic N) is 2. The van der Waals surface area contributed by atoms with Crippen LogP contribution in [0, 0.1) is 10.1 Å². The quantitative estimate of drug-likeness (QED) is 0.116. The van der Waals surface area contributed by atoms with E-state index >= 15 is 0 Å². The molecular weight excluding hydrogens is 634 g/mol. The highest BCUT2D eigenvalue weighted by Gasteiger charge is 2.15. The van der Waals surface area contributed by atoms with Crippen molar-refractivity contribution in [1.29, 1.82) is 0 Å². The Labute approximate surface area is 232 Å². The van der Waals surface area contributed by atoms with E-state index in [1.54, 1.807) is 30.3 Å². The topological polar surface area (TPSA) is 116 Å². The Kier molecular flexibility index (Phi) is 8.47. The summed E-state index contributed by atoms with van der Waals surface area (Å²) in [6.45, 7) is 2.31. The largest absolute Gasteiger partial charge is 0.490 e. The number of benzene rings is 3. The Bertz CT molecular complexity index is 1500. The van der Waals surface area contributed by atoms with Gasteiger partial charge in [0, 0.05) is 22.0 Å². The number of halogens is 3. The summed E-state index contributed by atoms with van der Waals surface area (Å²) in [7, 11) is 0. The molecule has 0 fully saturated rings. The molecule has 0 aliphatic heterocycles. The van der Waals surface area contributed by atoms with E-state index in [9.17, 15) is 14.9 Å². The molecule has 1 amide bonds. The van der Waals surface area contributed by atoms with Crippen molar-refractivity contribution in [3.63, 3.8) is 0 Å². The Morgan fingerprint density at radius 3 is 2.62 bits per heavy atom. The molecule has 37 heavy (non-hydrogen) atoms. The monoisotopic (exact) mass is 649 g/mol. The normalized spacial score (nSPS) is 11.1. The van der Waals surface area contributed by atoms with E-state index in [-0.39, 0.29) is 23.1 Å². The molecule has 1 heterocycles. The van der Waals surface area contributed by atoms with E-state index in [1.165, 1.54) is 18.3 Å². The van der Waals surface area contributed by atoms with Gasteiger partial charge in [-0.25, -0.2) is 5.43 Å². The van der Waals surface area contributed by atoms with Crippen LogP contribution in [-0.4, -0.2) is 23.7 Å². The molecule has 9 nitrogen and oxygen atoms in total. The van der Waals surface area contributed by atoms with E-state index in [2.05, 4.69) is 42.4 Å². The molecule has 0 aliphatic carbocycles. The summed E-state index contributed by atoms with van der Waals surface area (Å²) >= 11 is 13.3. The lowest BCUT2D eigenvalue weighted by Gasteiger charge is -2.14. The predicted molar refractivity (Wildman–Crippen MR) is 147 cm³/mol. The van der Waals surface area contributed by atoms with Crippen LogP contribution in [0.1, 0.15) is 28.6 Å². The summed E-state index contributed by atoms with van der Waals surface area (Å²) in [6, 6.07) is 14.6. The highest BCUT2D eigenvalue weighted by molar-refractivity contribution is 9.11. The van der Waals surface area contributed by atoms with Gasteiger partial charge in [0.25, 0.3) is 5.69 Å². The third-order valence-electron chi connectivity index (χ3n) is 5.00. The summed E-state index contributed by atoms with van der Waals surface area (Å²) in [5.74, 6) is 0.295. The second-order valence-corrected chi connectivity index (χ2v) is 9.77. The van der Waals surface area contributed by atoms with E-state index in [4.69, 9.17) is 25.5 Å². The van der Waals surface area contributed by atoms with Gasteiger partial charge in [-0.05, 0) is 76.4 Å². The second-order valence-electron chi connectivity index (χ2n) is 7.59. The zero-order valence-electron chi connectivity index (χ0n) is 19.2. The molecule has 3 aromatic carbocycles.